The number of hydrogen-bond acceptors (Lipinski definition) is 5. The van der Waals surface area contributed by atoms with Crippen molar-refractivity contribution in [1.82, 2.24) is 19.5 Å². The first-order valence-electron chi connectivity index (χ1n) is 6.19. The van der Waals surface area contributed by atoms with Crippen LogP contribution in [0.2, 0.25) is 0 Å². The molecule has 0 aromatic carbocycles. The van der Waals surface area contributed by atoms with Gasteiger partial charge in [0.2, 0.25) is 0 Å². The van der Waals surface area contributed by atoms with Gasteiger partial charge >= 0.3 is 0 Å². The fraction of sp³-hybridized carbons (Fsp3) is 0.308. The Morgan fingerprint density at radius 1 is 1.32 bits per heavy atom. The summed E-state index contributed by atoms with van der Waals surface area (Å²) in [7, 11) is 0. The fourth-order valence-corrected chi connectivity index (χ4v) is 1.94. The molecule has 1 N–H and O–H groups in total. The van der Waals surface area contributed by atoms with Crippen molar-refractivity contribution in [3.05, 3.63) is 36.8 Å². The predicted octanol–water partition coefficient (Wildman–Crippen LogP) is 2.61. The van der Waals surface area contributed by atoms with Crippen LogP contribution in [0.3, 0.4) is 0 Å². The maximum atomic E-state index is 5.28. The first-order valence-corrected chi connectivity index (χ1v) is 6.19. The highest BCUT2D eigenvalue weighted by atomic mass is 16.3. The van der Waals surface area contributed by atoms with Crippen LogP contribution in [0.4, 0.5) is 5.82 Å². The van der Waals surface area contributed by atoms with Gasteiger partial charge in [0.05, 0.1) is 19.1 Å². The molecular weight excluding hydrogens is 242 g/mol. The second-order valence-corrected chi connectivity index (χ2v) is 4.57. The first-order chi connectivity index (χ1) is 9.25. The summed E-state index contributed by atoms with van der Waals surface area (Å²) >= 11 is 0. The number of anilines is 1. The van der Waals surface area contributed by atoms with E-state index in [2.05, 4.69) is 34.1 Å². The monoisotopic (exact) mass is 257 g/mol. The van der Waals surface area contributed by atoms with Gasteiger partial charge in [-0.05, 0) is 26.0 Å². The molecule has 0 amide bonds. The summed E-state index contributed by atoms with van der Waals surface area (Å²) in [4.78, 5) is 12.9. The molecule has 0 atom stereocenters. The van der Waals surface area contributed by atoms with Crippen LogP contribution in [0.1, 0.15) is 25.6 Å². The maximum Gasteiger partial charge on any atom is 0.165 e. The number of furan rings is 1. The van der Waals surface area contributed by atoms with Crippen molar-refractivity contribution in [2.24, 2.45) is 0 Å². The molecule has 0 spiro atoms. The van der Waals surface area contributed by atoms with Gasteiger partial charge in [0.15, 0.2) is 11.5 Å². The van der Waals surface area contributed by atoms with E-state index in [1.165, 1.54) is 0 Å². The predicted molar refractivity (Wildman–Crippen MR) is 71.7 cm³/mol. The Morgan fingerprint density at radius 2 is 2.21 bits per heavy atom. The Kier molecular flexibility index (Phi) is 2.91. The Balaban J connectivity index is 1.91. The van der Waals surface area contributed by atoms with Gasteiger partial charge in [0.1, 0.15) is 17.6 Å². The normalized spacial score (nSPS) is 11.3. The molecule has 0 fully saturated rings. The third kappa shape index (κ3) is 2.16. The quantitative estimate of drug-likeness (QED) is 0.778. The van der Waals surface area contributed by atoms with E-state index in [-0.39, 0.29) is 0 Å². The second kappa shape index (κ2) is 4.72. The molecule has 0 aliphatic rings. The van der Waals surface area contributed by atoms with Gasteiger partial charge in [-0.25, -0.2) is 15.0 Å². The smallest absolute Gasteiger partial charge is 0.165 e. The van der Waals surface area contributed by atoms with E-state index >= 15 is 0 Å². The number of hydrogen-bond donors (Lipinski definition) is 1. The molecule has 3 aromatic rings. The topological polar surface area (TPSA) is 68.8 Å². The lowest BCUT2D eigenvalue weighted by atomic mass is 10.4. The molecular formula is C13H15N5O. The van der Waals surface area contributed by atoms with Gasteiger partial charge in [-0.1, -0.05) is 0 Å². The summed E-state index contributed by atoms with van der Waals surface area (Å²) in [6.45, 7) is 4.77. The second-order valence-electron chi connectivity index (χ2n) is 4.57. The van der Waals surface area contributed by atoms with Gasteiger partial charge in [0.25, 0.3) is 0 Å². The summed E-state index contributed by atoms with van der Waals surface area (Å²) in [6, 6.07) is 4.09. The van der Waals surface area contributed by atoms with Gasteiger partial charge in [0, 0.05) is 6.04 Å². The van der Waals surface area contributed by atoms with Crippen LogP contribution in [-0.4, -0.2) is 19.5 Å². The van der Waals surface area contributed by atoms with E-state index in [1.807, 2.05) is 16.7 Å². The van der Waals surface area contributed by atoms with Crippen molar-refractivity contribution in [2.75, 3.05) is 5.32 Å². The number of rotatable bonds is 4. The van der Waals surface area contributed by atoms with Crippen LogP contribution in [-0.2, 0) is 6.54 Å². The minimum atomic E-state index is 0.317. The Hall–Kier alpha value is -2.37. The molecule has 0 radical (unpaired) electrons. The van der Waals surface area contributed by atoms with Crippen LogP contribution in [0.25, 0.3) is 11.2 Å². The summed E-state index contributed by atoms with van der Waals surface area (Å²) in [5.74, 6) is 1.58. The van der Waals surface area contributed by atoms with Crippen LogP contribution in [0.5, 0.6) is 0 Å². The van der Waals surface area contributed by atoms with Gasteiger partial charge in [-0.3, -0.25) is 0 Å². The van der Waals surface area contributed by atoms with Crippen molar-refractivity contribution in [3.8, 4) is 0 Å². The molecule has 0 saturated heterocycles. The fourth-order valence-electron chi connectivity index (χ4n) is 1.94. The maximum absolute atomic E-state index is 5.28. The minimum absolute atomic E-state index is 0.317. The van der Waals surface area contributed by atoms with E-state index < -0.39 is 0 Å². The van der Waals surface area contributed by atoms with E-state index in [9.17, 15) is 0 Å². The van der Waals surface area contributed by atoms with Crippen LogP contribution in [0, 0.1) is 0 Å². The Bertz CT molecular complexity index is 671. The molecule has 19 heavy (non-hydrogen) atoms. The third-order valence-corrected chi connectivity index (χ3v) is 2.93. The largest absolute Gasteiger partial charge is 0.467 e. The molecule has 3 heterocycles. The Labute approximate surface area is 110 Å². The zero-order valence-corrected chi connectivity index (χ0v) is 10.9. The summed E-state index contributed by atoms with van der Waals surface area (Å²) < 4.78 is 7.30. The zero-order chi connectivity index (χ0) is 13.2. The van der Waals surface area contributed by atoms with Gasteiger partial charge < -0.3 is 14.3 Å². The van der Waals surface area contributed by atoms with Crippen LogP contribution >= 0.6 is 0 Å². The number of fused-ring (bicyclic) bond motifs is 1. The highest BCUT2D eigenvalue weighted by Crippen LogP contribution is 2.20. The average Bonchev–Trinajstić information content (AvgIpc) is 3.05. The molecule has 98 valence electrons. The van der Waals surface area contributed by atoms with Crippen LogP contribution < -0.4 is 5.32 Å². The van der Waals surface area contributed by atoms with E-state index in [1.54, 1.807) is 18.9 Å². The number of nitrogens with zero attached hydrogens (tertiary/aromatic N) is 4. The van der Waals surface area contributed by atoms with E-state index in [0.29, 0.717) is 12.6 Å². The lowest BCUT2D eigenvalue weighted by Crippen LogP contribution is -2.03. The van der Waals surface area contributed by atoms with Crippen molar-refractivity contribution >= 4 is 17.0 Å². The molecule has 0 aliphatic carbocycles. The van der Waals surface area contributed by atoms with Crippen molar-refractivity contribution in [3.63, 3.8) is 0 Å². The van der Waals surface area contributed by atoms with Crippen molar-refractivity contribution in [2.45, 2.75) is 26.4 Å². The zero-order valence-electron chi connectivity index (χ0n) is 10.9. The molecule has 6 nitrogen and oxygen atoms in total. The first kappa shape index (κ1) is 11.7. The van der Waals surface area contributed by atoms with E-state index in [4.69, 9.17) is 4.42 Å². The molecule has 0 unspecified atom stereocenters. The lowest BCUT2D eigenvalue weighted by Gasteiger charge is -2.07. The molecule has 3 aromatic heterocycles. The molecule has 0 bridgehead atoms. The molecule has 0 aliphatic heterocycles. The number of aromatic nitrogens is 4. The highest BCUT2D eigenvalue weighted by Gasteiger charge is 2.11. The number of nitrogens with one attached hydrogen (secondary N) is 1. The SMILES string of the molecule is CC(C)n1cnc2c(NCc3ccco3)ncnc21. The average molecular weight is 257 g/mol. The van der Waals surface area contributed by atoms with Crippen molar-refractivity contribution in [1.29, 1.82) is 0 Å². The van der Waals surface area contributed by atoms with Gasteiger partial charge in [-0.15, -0.1) is 0 Å². The highest BCUT2D eigenvalue weighted by molar-refractivity contribution is 5.82. The number of imidazole rings is 1. The third-order valence-electron chi connectivity index (χ3n) is 2.93. The molecule has 3 rings (SSSR count). The standard InChI is InChI=1S/C13H15N5O/c1-9(2)18-8-17-11-12(15-7-16-13(11)18)14-6-10-4-3-5-19-10/h3-5,7-9H,6H2,1-2H3,(H,14,15,16). The molecule has 0 saturated carbocycles. The lowest BCUT2D eigenvalue weighted by molar-refractivity contribution is 0.518. The Morgan fingerprint density at radius 3 is 2.95 bits per heavy atom. The van der Waals surface area contributed by atoms with Gasteiger partial charge in [-0.2, -0.15) is 0 Å². The minimum Gasteiger partial charge on any atom is -0.467 e. The summed E-state index contributed by atoms with van der Waals surface area (Å²) in [5.41, 5.74) is 1.62. The summed E-state index contributed by atoms with van der Waals surface area (Å²) in [6.07, 6.45) is 5.00. The van der Waals surface area contributed by atoms with Crippen LogP contribution in [0.15, 0.2) is 35.5 Å². The molecule has 6 heteroatoms. The summed E-state index contributed by atoms with van der Waals surface area (Å²) in [5, 5.41) is 3.22. The van der Waals surface area contributed by atoms with Crippen molar-refractivity contribution < 1.29 is 4.42 Å². The van der Waals surface area contributed by atoms with E-state index in [0.717, 1.165) is 22.7 Å².